The van der Waals surface area contributed by atoms with E-state index in [2.05, 4.69) is 0 Å². The fourth-order valence-corrected chi connectivity index (χ4v) is 3.27. The van der Waals surface area contributed by atoms with Gasteiger partial charge in [-0.2, -0.15) is 0 Å². The molecule has 1 aromatic carbocycles. The van der Waals surface area contributed by atoms with E-state index >= 15 is 0 Å². The van der Waals surface area contributed by atoms with Crippen LogP contribution in [0.15, 0.2) is 18.2 Å². The van der Waals surface area contributed by atoms with Crippen LogP contribution in [-0.2, 0) is 14.8 Å². The van der Waals surface area contributed by atoms with Crippen LogP contribution in [0, 0.1) is 0 Å². The van der Waals surface area contributed by atoms with Crippen LogP contribution in [0.3, 0.4) is 0 Å². The Balaban J connectivity index is 2.54. The molecule has 0 bridgehead atoms. The number of anilines is 1. The van der Waals surface area contributed by atoms with Gasteiger partial charge in [0.2, 0.25) is 15.9 Å². The third-order valence-electron chi connectivity index (χ3n) is 2.68. The predicted octanol–water partition coefficient (Wildman–Crippen LogP) is 0.770. The molecule has 1 heterocycles. The number of hydrogen-bond donors (Lipinski definition) is 0. The minimum absolute atomic E-state index is 0.00246. The first-order valence-electron chi connectivity index (χ1n) is 5.27. The van der Waals surface area contributed by atoms with Crippen LogP contribution in [0.5, 0.6) is 11.5 Å². The van der Waals surface area contributed by atoms with E-state index in [0.717, 1.165) is 4.31 Å². The van der Waals surface area contributed by atoms with Crippen molar-refractivity contribution >= 4 is 21.6 Å². The summed E-state index contributed by atoms with van der Waals surface area (Å²) < 4.78 is 34.5. The highest BCUT2D eigenvalue weighted by Gasteiger charge is 2.37. The van der Waals surface area contributed by atoms with E-state index in [1.165, 1.54) is 26.4 Å². The molecule has 0 unspecified atom stereocenters. The molecule has 0 spiro atoms. The number of carbonyl (C=O) groups excluding carboxylic acids is 1. The molecule has 0 aromatic heterocycles. The lowest BCUT2D eigenvalue weighted by Gasteiger charge is -2.18. The minimum Gasteiger partial charge on any atom is -0.497 e. The quantitative estimate of drug-likeness (QED) is 0.812. The van der Waals surface area contributed by atoms with Gasteiger partial charge in [0, 0.05) is 12.5 Å². The Morgan fingerprint density at radius 3 is 2.44 bits per heavy atom. The molecule has 6 nitrogen and oxygen atoms in total. The number of hydrogen-bond acceptors (Lipinski definition) is 5. The number of carbonyl (C=O) groups is 1. The van der Waals surface area contributed by atoms with Gasteiger partial charge in [0.05, 0.1) is 20.0 Å². The summed E-state index contributed by atoms with van der Waals surface area (Å²) in [6, 6.07) is 4.62. The van der Waals surface area contributed by atoms with Gasteiger partial charge in [0.1, 0.15) is 17.2 Å². The fourth-order valence-electron chi connectivity index (χ4n) is 1.80. The molecule has 1 aliphatic rings. The molecule has 1 saturated heterocycles. The Kier molecular flexibility index (Phi) is 3.16. The van der Waals surface area contributed by atoms with Crippen LogP contribution in [0.2, 0.25) is 0 Å². The van der Waals surface area contributed by atoms with E-state index in [1.54, 1.807) is 6.07 Å². The van der Waals surface area contributed by atoms with E-state index in [1.807, 2.05) is 0 Å². The average Bonchev–Trinajstić information content (AvgIpc) is 2.63. The van der Waals surface area contributed by atoms with Crippen molar-refractivity contribution in [3.8, 4) is 11.5 Å². The second-order valence-electron chi connectivity index (χ2n) is 3.76. The maximum Gasteiger partial charge on any atom is 0.242 e. The van der Waals surface area contributed by atoms with Gasteiger partial charge in [-0.3, -0.25) is 4.79 Å². The molecule has 1 amide bonds. The van der Waals surface area contributed by atoms with Gasteiger partial charge in [-0.1, -0.05) is 0 Å². The summed E-state index contributed by atoms with van der Waals surface area (Å²) in [6.07, 6.45) is -0.00246. The minimum atomic E-state index is -3.58. The Morgan fingerprint density at radius 1 is 1.22 bits per heavy atom. The molecule has 1 aliphatic heterocycles. The van der Waals surface area contributed by atoms with Gasteiger partial charge >= 0.3 is 0 Å². The van der Waals surface area contributed by atoms with Crippen molar-refractivity contribution in [2.45, 2.75) is 6.42 Å². The second kappa shape index (κ2) is 4.49. The largest absolute Gasteiger partial charge is 0.497 e. The zero-order chi connectivity index (χ0) is 13.3. The number of nitrogens with zero attached hydrogens (tertiary/aromatic N) is 1. The molecule has 18 heavy (non-hydrogen) atoms. The second-order valence-corrected chi connectivity index (χ2v) is 5.70. The lowest BCUT2D eigenvalue weighted by Crippen LogP contribution is -2.29. The summed E-state index contributed by atoms with van der Waals surface area (Å²) in [4.78, 5) is 11.7. The highest BCUT2D eigenvalue weighted by molar-refractivity contribution is 7.94. The Labute approximate surface area is 105 Å². The molecular formula is C11H13NO5S. The van der Waals surface area contributed by atoms with Crippen molar-refractivity contribution in [3.05, 3.63) is 18.2 Å². The van der Waals surface area contributed by atoms with Crippen LogP contribution in [-0.4, -0.2) is 34.3 Å². The van der Waals surface area contributed by atoms with E-state index in [4.69, 9.17) is 9.47 Å². The Morgan fingerprint density at radius 2 is 1.94 bits per heavy atom. The molecule has 0 radical (unpaired) electrons. The van der Waals surface area contributed by atoms with Crippen LogP contribution in [0.25, 0.3) is 0 Å². The van der Waals surface area contributed by atoms with Gasteiger partial charge in [0.15, 0.2) is 0 Å². The molecule has 98 valence electrons. The molecule has 0 aliphatic carbocycles. The van der Waals surface area contributed by atoms with Crippen molar-refractivity contribution in [2.75, 3.05) is 24.3 Å². The van der Waals surface area contributed by atoms with Crippen LogP contribution < -0.4 is 13.8 Å². The van der Waals surface area contributed by atoms with E-state index in [0.29, 0.717) is 5.75 Å². The zero-order valence-electron chi connectivity index (χ0n) is 10.0. The van der Waals surface area contributed by atoms with Crippen molar-refractivity contribution < 1.29 is 22.7 Å². The van der Waals surface area contributed by atoms with Crippen LogP contribution in [0.4, 0.5) is 5.69 Å². The van der Waals surface area contributed by atoms with Gasteiger partial charge in [-0.25, -0.2) is 12.7 Å². The highest BCUT2D eigenvalue weighted by Crippen LogP contribution is 2.36. The standard InChI is InChI=1S/C11H13NO5S/c1-16-8-3-4-9(10(7-8)17-2)12-11(13)5-6-18(12,14)15/h3-4,7H,5-6H2,1-2H3. The number of rotatable bonds is 3. The van der Waals surface area contributed by atoms with Crippen LogP contribution >= 0.6 is 0 Å². The Hall–Kier alpha value is -1.76. The molecule has 0 N–H and O–H groups in total. The van der Waals surface area contributed by atoms with Crippen molar-refractivity contribution in [1.29, 1.82) is 0 Å². The SMILES string of the molecule is COc1ccc(N2C(=O)CCS2(=O)=O)c(OC)c1. The fraction of sp³-hybridized carbons (Fsp3) is 0.364. The molecule has 7 heteroatoms. The number of ether oxygens (including phenoxy) is 2. The normalized spacial score (nSPS) is 17.9. The highest BCUT2D eigenvalue weighted by atomic mass is 32.2. The van der Waals surface area contributed by atoms with Crippen LogP contribution in [0.1, 0.15) is 6.42 Å². The zero-order valence-corrected chi connectivity index (χ0v) is 10.9. The molecule has 1 fully saturated rings. The summed E-state index contributed by atoms with van der Waals surface area (Å²) in [5.41, 5.74) is 0.223. The monoisotopic (exact) mass is 271 g/mol. The van der Waals surface area contributed by atoms with Gasteiger partial charge in [-0.15, -0.1) is 0 Å². The average molecular weight is 271 g/mol. The first-order chi connectivity index (χ1) is 8.49. The number of sulfonamides is 1. The first-order valence-corrected chi connectivity index (χ1v) is 6.88. The summed E-state index contributed by atoms with van der Waals surface area (Å²) in [6.45, 7) is 0. The molecular weight excluding hydrogens is 258 g/mol. The number of methoxy groups -OCH3 is 2. The van der Waals surface area contributed by atoms with Crippen molar-refractivity contribution in [3.63, 3.8) is 0 Å². The maximum atomic E-state index is 11.8. The molecule has 0 atom stereocenters. The Bertz CT molecular complexity index is 581. The third-order valence-corrected chi connectivity index (χ3v) is 4.36. The van der Waals surface area contributed by atoms with E-state index in [-0.39, 0.29) is 23.6 Å². The van der Waals surface area contributed by atoms with Gasteiger partial charge in [-0.05, 0) is 12.1 Å². The summed E-state index contributed by atoms with van der Waals surface area (Å²) in [5, 5.41) is 0. The number of amides is 1. The molecule has 1 aromatic rings. The smallest absolute Gasteiger partial charge is 0.242 e. The summed E-state index contributed by atoms with van der Waals surface area (Å²) in [7, 11) is -0.678. The predicted molar refractivity (Wildman–Crippen MR) is 65.4 cm³/mol. The van der Waals surface area contributed by atoms with Gasteiger partial charge in [0.25, 0.3) is 0 Å². The maximum absolute atomic E-state index is 11.8. The third kappa shape index (κ3) is 2.01. The lowest BCUT2D eigenvalue weighted by atomic mass is 10.2. The summed E-state index contributed by atoms with van der Waals surface area (Å²) in [5.74, 6) is 0.201. The molecule has 0 saturated carbocycles. The van der Waals surface area contributed by atoms with E-state index < -0.39 is 15.9 Å². The van der Waals surface area contributed by atoms with Crippen molar-refractivity contribution in [1.82, 2.24) is 0 Å². The van der Waals surface area contributed by atoms with Gasteiger partial charge < -0.3 is 9.47 Å². The lowest BCUT2D eigenvalue weighted by molar-refractivity contribution is -0.116. The summed E-state index contributed by atoms with van der Waals surface area (Å²) >= 11 is 0. The topological polar surface area (TPSA) is 72.9 Å². The molecule has 2 rings (SSSR count). The number of benzene rings is 1. The van der Waals surface area contributed by atoms with Crippen molar-refractivity contribution in [2.24, 2.45) is 0 Å². The first kappa shape index (κ1) is 12.7. The van der Waals surface area contributed by atoms with E-state index in [9.17, 15) is 13.2 Å².